The Hall–Kier alpha value is -1.48. The fraction of sp³-hybridized carbons (Fsp3) is 0.0833. The molecule has 2 aliphatic rings. The average Bonchev–Trinajstić information content (AvgIpc) is 2.29. The monoisotopic (exact) mass is 215 g/mol. The van der Waals surface area contributed by atoms with Crippen molar-refractivity contribution in [2.45, 2.75) is 0 Å². The Bertz CT molecular complexity index is 490. The minimum atomic E-state index is 0.156. The summed E-state index contributed by atoms with van der Waals surface area (Å²) in [6.07, 6.45) is 3.84. The molecule has 0 saturated carbocycles. The highest BCUT2D eigenvalue weighted by molar-refractivity contribution is 8.03. The van der Waals surface area contributed by atoms with Gasteiger partial charge in [-0.2, -0.15) is 0 Å². The van der Waals surface area contributed by atoms with Gasteiger partial charge in [0.25, 0.3) is 0 Å². The lowest BCUT2D eigenvalue weighted by Gasteiger charge is -2.29. The molecule has 0 saturated heterocycles. The summed E-state index contributed by atoms with van der Waals surface area (Å²) in [6, 6.07) is 8.13. The first-order chi connectivity index (χ1) is 7.36. The van der Waals surface area contributed by atoms with Gasteiger partial charge in [-0.3, -0.25) is 9.69 Å². The van der Waals surface area contributed by atoms with Crippen LogP contribution in [0.3, 0.4) is 0 Å². The zero-order valence-corrected chi connectivity index (χ0v) is 8.83. The van der Waals surface area contributed by atoms with Gasteiger partial charge in [0.15, 0.2) is 0 Å². The molecule has 2 heterocycles. The molecule has 2 nitrogen and oxygen atoms in total. The third-order valence-corrected chi connectivity index (χ3v) is 3.37. The molecule has 3 rings (SSSR count). The van der Waals surface area contributed by atoms with E-state index in [1.807, 2.05) is 24.4 Å². The fourth-order valence-corrected chi connectivity index (χ4v) is 2.60. The van der Waals surface area contributed by atoms with Gasteiger partial charge in [0.2, 0.25) is 5.91 Å². The maximum atomic E-state index is 11.7. The third-order valence-electron chi connectivity index (χ3n) is 2.57. The molecule has 1 amide bonds. The van der Waals surface area contributed by atoms with Crippen LogP contribution in [0.2, 0.25) is 0 Å². The van der Waals surface area contributed by atoms with Crippen LogP contribution in [0, 0.1) is 0 Å². The summed E-state index contributed by atoms with van der Waals surface area (Å²) in [5, 5.41) is 2.06. The second kappa shape index (κ2) is 3.28. The maximum absolute atomic E-state index is 11.7. The second-order valence-corrected chi connectivity index (χ2v) is 4.34. The van der Waals surface area contributed by atoms with Crippen LogP contribution in [0.4, 0.5) is 0 Å². The zero-order valence-electron chi connectivity index (χ0n) is 8.01. The maximum Gasteiger partial charge on any atom is 0.241 e. The Morgan fingerprint density at radius 3 is 3.07 bits per heavy atom. The molecule has 0 radical (unpaired) electrons. The minimum absolute atomic E-state index is 0.156. The summed E-state index contributed by atoms with van der Waals surface area (Å²) in [7, 11) is 0. The molecule has 2 aliphatic heterocycles. The molecule has 74 valence electrons. The van der Waals surface area contributed by atoms with Crippen molar-refractivity contribution in [3.05, 3.63) is 47.0 Å². The van der Waals surface area contributed by atoms with Crippen LogP contribution in [0.5, 0.6) is 0 Å². The lowest BCUT2D eigenvalue weighted by molar-refractivity contribution is -0.123. The Labute approximate surface area is 92.3 Å². The summed E-state index contributed by atoms with van der Waals surface area (Å²) in [6.45, 7) is 0. The van der Waals surface area contributed by atoms with Gasteiger partial charge < -0.3 is 0 Å². The van der Waals surface area contributed by atoms with Crippen LogP contribution in [-0.2, 0) is 4.79 Å². The Morgan fingerprint density at radius 1 is 1.27 bits per heavy atom. The van der Waals surface area contributed by atoms with Crippen LogP contribution >= 0.6 is 11.8 Å². The number of nitrogens with zero attached hydrogens (tertiary/aromatic N) is 1. The molecule has 0 fully saturated rings. The predicted molar refractivity (Wildman–Crippen MR) is 62.8 cm³/mol. The van der Waals surface area contributed by atoms with Gasteiger partial charge in [-0.1, -0.05) is 24.3 Å². The molecule has 15 heavy (non-hydrogen) atoms. The average molecular weight is 215 g/mol. The number of fused-ring (bicyclic) bond motifs is 3. The first-order valence-electron chi connectivity index (χ1n) is 4.78. The van der Waals surface area contributed by atoms with Gasteiger partial charge in [0, 0.05) is 11.8 Å². The van der Waals surface area contributed by atoms with Crippen molar-refractivity contribution in [3.63, 3.8) is 0 Å². The Kier molecular flexibility index (Phi) is 1.92. The number of thioether (sulfide) groups is 1. The number of hydrogen-bond acceptors (Lipinski definition) is 2. The Balaban J connectivity index is 2.19. The van der Waals surface area contributed by atoms with Gasteiger partial charge in [0.05, 0.1) is 11.4 Å². The van der Waals surface area contributed by atoms with Gasteiger partial charge in [-0.05, 0) is 17.0 Å². The van der Waals surface area contributed by atoms with Gasteiger partial charge in [-0.25, -0.2) is 0 Å². The normalized spacial score (nSPS) is 18.3. The zero-order chi connectivity index (χ0) is 10.3. The van der Waals surface area contributed by atoms with Crippen molar-refractivity contribution in [1.82, 2.24) is 4.90 Å². The summed E-state index contributed by atoms with van der Waals surface area (Å²) in [5.74, 6) is 0.693. The highest BCUT2D eigenvalue weighted by Crippen LogP contribution is 2.34. The molecule has 0 unspecified atom stereocenters. The van der Waals surface area contributed by atoms with E-state index in [4.69, 9.17) is 0 Å². The molecule has 0 N–H and O–H groups in total. The highest BCUT2D eigenvalue weighted by atomic mass is 32.2. The number of hydrogen-bond donors (Lipinski definition) is 0. The van der Waals surface area contributed by atoms with Crippen LogP contribution < -0.4 is 0 Å². The summed E-state index contributed by atoms with van der Waals surface area (Å²) < 4.78 is 0. The minimum Gasteiger partial charge on any atom is -0.286 e. The predicted octanol–water partition coefficient (Wildman–Crippen LogP) is 2.54. The summed E-state index contributed by atoms with van der Waals surface area (Å²) >= 11 is 1.57. The number of rotatable bonds is 0. The van der Waals surface area contributed by atoms with E-state index in [-0.39, 0.29) is 5.91 Å². The van der Waals surface area contributed by atoms with Gasteiger partial charge >= 0.3 is 0 Å². The number of amides is 1. The standard InChI is InChI=1S/C12H9NOS/c14-12-8-15-7-11-10-4-2-1-3-9(10)5-6-13(11)12/h1-7H,8H2. The van der Waals surface area contributed by atoms with Crippen molar-refractivity contribution in [2.24, 2.45) is 0 Å². The van der Waals surface area contributed by atoms with Crippen LogP contribution in [-0.4, -0.2) is 16.6 Å². The van der Waals surface area contributed by atoms with Crippen LogP contribution in [0.15, 0.2) is 35.9 Å². The summed E-state index contributed by atoms with van der Waals surface area (Å²) in [5.41, 5.74) is 3.32. The number of benzene rings is 1. The topological polar surface area (TPSA) is 20.3 Å². The van der Waals surface area contributed by atoms with E-state index in [0.717, 1.165) is 11.3 Å². The van der Waals surface area contributed by atoms with E-state index in [9.17, 15) is 4.79 Å². The molecular weight excluding hydrogens is 206 g/mol. The van der Waals surface area contributed by atoms with Gasteiger partial charge in [-0.15, -0.1) is 11.8 Å². The van der Waals surface area contributed by atoms with E-state index in [0.29, 0.717) is 5.75 Å². The summed E-state index contributed by atoms with van der Waals surface area (Å²) in [4.78, 5) is 13.4. The van der Waals surface area contributed by atoms with E-state index in [1.54, 1.807) is 16.7 Å². The third kappa shape index (κ3) is 1.31. The molecule has 3 heteroatoms. The van der Waals surface area contributed by atoms with Crippen molar-refractivity contribution >= 4 is 29.4 Å². The quantitative estimate of drug-likeness (QED) is 0.663. The molecule has 0 atom stereocenters. The molecule has 0 bridgehead atoms. The van der Waals surface area contributed by atoms with E-state index < -0.39 is 0 Å². The molecule has 0 spiro atoms. The van der Waals surface area contributed by atoms with Crippen molar-refractivity contribution in [3.8, 4) is 0 Å². The number of carbonyl (C=O) groups is 1. The lowest BCUT2D eigenvalue weighted by atomic mass is 10.0. The molecule has 0 aliphatic carbocycles. The first-order valence-corrected chi connectivity index (χ1v) is 5.82. The van der Waals surface area contributed by atoms with Crippen LogP contribution in [0.1, 0.15) is 11.1 Å². The smallest absolute Gasteiger partial charge is 0.241 e. The second-order valence-electron chi connectivity index (χ2n) is 3.48. The van der Waals surface area contributed by atoms with Crippen molar-refractivity contribution in [1.29, 1.82) is 0 Å². The SMILES string of the molecule is O=C1CSC=C2c3ccccc3C=CN12. The van der Waals surface area contributed by atoms with Crippen LogP contribution in [0.25, 0.3) is 11.8 Å². The highest BCUT2D eigenvalue weighted by Gasteiger charge is 2.24. The first kappa shape index (κ1) is 8.80. The molecule has 0 aromatic heterocycles. The van der Waals surface area contributed by atoms with E-state index in [2.05, 4.69) is 17.5 Å². The lowest BCUT2D eigenvalue weighted by Crippen LogP contribution is -2.30. The molecular formula is C12H9NOS. The molecule has 1 aromatic rings. The van der Waals surface area contributed by atoms with E-state index in [1.165, 1.54) is 5.56 Å². The Morgan fingerprint density at radius 2 is 2.13 bits per heavy atom. The molecule has 1 aromatic carbocycles. The van der Waals surface area contributed by atoms with Gasteiger partial charge in [0.1, 0.15) is 0 Å². The van der Waals surface area contributed by atoms with Crippen molar-refractivity contribution in [2.75, 3.05) is 5.75 Å². The fourth-order valence-electron chi connectivity index (χ4n) is 1.84. The number of carbonyl (C=O) groups excluding carboxylic acids is 1. The van der Waals surface area contributed by atoms with Crippen molar-refractivity contribution < 1.29 is 4.79 Å². The largest absolute Gasteiger partial charge is 0.286 e. The van der Waals surface area contributed by atoms with E-state index >= 15 is 0 Å².